The standard InChI is InChI=1S/C20H23FN4O2Si/c1-28(2,3)13-12-27-19(15-8-10-22-11-9-15)18-17(23-20(24-18)25-26)14-4-6-16(21)7-5-14/h4-11,19H,12-13H2,1-3H3,(H,23,24). The number of imidazole rings is 1. The second-order valence-corrected chi connectivity index (χ2v) is 13.4. The highest BCUT2D eigenvalue weighted by Crippen LogP contribution is 2.34. The first-order valence-electron chi connectivity index (χ1n) is 9.08. The van der Waals surface area contributed by atoms with E-state index in [9.17, 15) is 9.30 Å². The van der Waals surface area contributed by atoms with Gasteiger partial charge in [0.15, 0.2) is 0 Å². The summed E-state index contributed by atoms with van der Waals surface area (Å²) < 4.78 is 19.6. The normalized spacial score (nSPS) is 12.7. The van der Waals surface area contributed by atoms with Crippen LogP contribution in [-0.4, -0.2) is 29.6 Å². The van der Waals surface area contributed by atoms with Crippen molar-refractivity contribution >= 4 is 14.0 Å². The highest BCUT2D eigenvalue weighted by Gasteiger charge is 2.25. The van der Waals surface area contributed by atoms with Gasteiger partial charge in [0, 0.05) is 37.8 Å². The number of hydrogen-bond acceptors (Lipinski definition) is 5. The first-order valence-corrected chi connectivity index (χ1v) is 12.8. The van der Waals surface area contributed by atoms with Crippen LogP contribution in [0.25, 0.3) is 11.3 Å². The maximum absolute atomic E-state index is 13.4. The smallest absolute Gasteiger partial charge is 0.269 e. The van der Waals surface area contributed by atoms with E-state index in [2.05, 4.69) is 39.8 Å². The van der Waals surface area contributed by atoms with Gasteiger partial charge in [-0.15, -0.1) is 4.91 Å². The van der Waals surface area contributed by atoms with E-state index in [-0.39, 0.29) is 11.8 Å². The predicted octanol–water partition coefficient (Wildman–Crippen LogP) is 5.45. The van der Waals surface area contributed by atoms with E-state index in [1.54, 1.807) is 24.5 Å². The Labute approximate surface area is 164 Å². The number of halogens is 1. The van der Waals surface area contributed by atoms with Crippen molar-refractivity contribution in [2.45, 2.75) is 31.8 Å². The Morgan fingerprint density at radius 3 is 2.43 bits per heavy atom. The molecule has 0 aliphatic heterocycles. The van der Waals surface area contributed by atoms with Crippen molar-refractivity contribution in [3.8, 4) is 11.3 Å². The summed E-state index contributed by atoms with van der Waals surface area (Å²) in [4.78, 5) is 22.4. The maximum Gasteiger partial charge on any atom is 0.269 e. The molecule has 146 valence electrons. The topological polar surface area (TPSA) is 80.2 Å². The monoisotopic (exact) mass is 398 g/mol. The molecule has 0 radical (unpaired) electrons. The lowest BCUT2D eigenvalue weighted by molar-refractivity contribution is 0.0884. The lowest BCUT2D eigenvalue weighted by atomic mass is 10.0. The molecule has 0 aliphatic carbocycles. The van der Waals surface area contributed by atoms with Crippen LogP contribution in [-0.2, 0) is 4.74 Å². The molecule has 2 heterocycles. The fraction of sp³-hybridized carbons (Fsp3) is 0.300. The summed E-state index contributed by atoms with van der Waals surface area (Å²) in [6.45, 7) is 7.43. The molecule has 0 spiro atoms. The van der Waals surface area contributed by atoms with Crippen LogP contribution in [0.2, 0.25) is 25.7 Å². The molecule has 3 rings (SSSR count). The number of rotatable bonds is 8. The van der Waals surface area contributed by atoms with E-state index in [0.29, 0.717) is 23.6 Å². The summed E-state index contributed by atoms with van der Waals surface area (Å²) in [5, 5.41) is 2.94. The highest BCUT2D eigenvalue weighted by atomic mass is 28.3. The number of nitrogens with zero attached hydrogens (tertiary/aromatic N) is 3. The molecule has 1 unspecified atom stereocenters. The number of hydrogen-bond donors (Lipinski definition) is 1. The van der Waals surface area contributed by atoms with Crippen LogP contribution in [0.15, 0.2) is 54.0 Å². The van der Waals surface area contributed by atoms with Gasteiger partial charge in [-0.3, -0.25) is 4.98 Å². The minimum Gasteiger partial charge on any atom is -0.367 e. The van der Waals surface area contributed by atoms with Crippen molar-refractivity contribution in [1.29, 1.82) is 0 Å². The second-order valence-electron chi connectivity index (χ2n) is 7.76. The number of ether oxygens (including phenoxy) is 1. The lowest BCUT2D eigenvalue weighted by Crippen LogP contribution is -2.22. The third-order valence-electron chi connectivity index (χ3n) is 4.33. The van der Waals surface area contributed by atoms with Crippen molar-refractivity contribution in [3.05, 3.63) is 70.8 Å². The molecule has 0 saturated carbocycles. The number of pyridine rings is 1. The number of aromatic amines is 1. The van der Waals surface area contributed by atoms with E-state index in [4.69, 9.17) is 4.74 Å². The first kappa shape index (κ1) is 20.0. The molecule has 0 aliphatic rings. The Kier molecular flexibility index (Phi) is 6.10. The number of H-pyrrole nitrogens is 1. The minimum absolute atomic E-state index is 0.0397. The van der Waals surface area contributed by atoms with Gasteiger partial charge in [0.05, 0.1) is 11.4 Å². The zero-order chi connectivity index (χ0) is 20.1. The van der Waals surface area contributed by atoms with Crippen LogP contribution in [0.5, 0.6) is 0 Å². The van der Waals surface area contributed by atoms with Crippen LogP contribution in [0.4, 0.5) is 10.3 Å². The lowest BCUT2D eigenvalue weighted by Gasteiger charge is -2.21. The van der Waals surface area contributed by atoms with Gasteiger partial charge in [-0.05, 0) is 48.0 Å². The van der Waals surface area contributed by atoms with Gasteiger partial charge in [-0.2, -0.15) is 0 Å². The molecule has 1 aromatic carbocycles. The van der Waals surface area contributed by atoms with Crippen molar-refractivity contribution < 1.29 is 9.13 Å². The molecule has 1 N–H and O–H groups in total. The largest absolute Gasteiger partial charge is 0.367 e. The van der Waals surface area contributed by atoms with Gasteiger partial charge < -0.3 is 9.72 Å². The molecule has 0 fully saturated rings. The zero-order valence-corrected chi connectivity index (χ0v) is 17.1. The highest BCUT2D eigenvalue weighted by molar-refractivity contribution is 6.76. The van der Waals surface area contributed by atoms with Crippen LogP contribution in [0.1, 0.15) is 17.4 Å². The van der Waals surface area contributed by atoms with E-state index in [1.807, 2.05) is 12.1 Å². The molecule has 28 heavy (non-hydrogen) atoms. The van der Waals surface area contributed by atoms with Crippen molar-refractivity contribution in [2.75, 3.05) is 6.61 Å². The number of aromatic nitrogens is 3. The molecule has 6 nitrogen and oxygen atoms in total. The first-order chi connectivity index (χ1) is 13.4. The van der Waals surface area contributed by atoms with Crippen LogP contribution in [0.3, 0.4) is 0 Å². The molecule has 2 aromatic heterocycles. The van der Waals surface area contributed by atoms with Gasteiger partial charge in [0.25, 0.3) is 5.95 Å². The van der Waals surface area contributed by atoms with Crippen LogP contribution < -0.4 is 0 Å². The fourth-order valence-electron chi connectivity index (χ4n) is 2.80. The predicted molar refractivity (Wildman–Crippen MR) is 110 cm³/mol. The Morgan fingerprint density at radius 2 is 1.82 bits per heavy atom. The zero-order valence-electron chi connectivity index (χ0n) is 16.1. The van der Waals surface area contributed by atoms with Gasteiger partial charge >= 0.3 is 0 Å². The summed E-state index contributed by atoms with van der Waals surface area (Å²) in [6, 6.07) is 10.7. The van der Waals surface area contributed by atoms with Crippen molar-refractivity contribution in [3.63, 3.8) is 0 Å². The molecular weight excluding hydrogens is 375 g/mol. The number of nitroso groups, excluding NO2 is 1. The Balaban J connectivity index is 2.02. The molecule has 0 amide bonds. The maximum atomic E-state index is 13.4. The summed E-state index contributed by atoms with van der Waals surface area (Å²) in [5.74, 6) is -0.381. The Bertz CT molecular complexity index is 924. The summed E-state index contributed by atoms with van der Waals surface area (Å²) in [5.41, 5.74) is 2.69. The molecular formula is C20H23FN4O2Si. The van der Waals surface area contributed by atoms with Crippen LogP contribution in [0, 0.1) is 10.7 Å². The third-order valence-corrected chi connectivity index (χ3v) is 6.04. The van der Waals surface area contributed by atoms with Crippen LogP contribution >= 0.6 is 0 Å². The average molecular weight is 399 g/mol. The van der Waals surface area contributed by atoms with Gasteiger partial charge in [-0.1, -0.05) is 19.6 Å². The SMILES string of the molecule is C[Si](C)(C)CCOC(c1ccncc1)c1[nH]c(N=O)nc1-c1ccc(F)cc1. The van der Waals surface area contributed by atoms with Gasteiger partial charge in [-0.25, -0.2) is 9.37 Å². The van der Waals surface area contributed by atoms with E-state index >= 15 is 0 Å². The van der Waals surface area contributed by atoms with Gasteiger partial charge in [0.2, 0.25) is 0 Å². The summed E-state index contributed by atoms with van der Waals surface area (Å²) >= 11 is 0. The summed E-state index contributed by atoms with van der Waals surface area (Å²) in [6.07, 6.45) is 2.91. The Morgan fingerprint density at radius 1 is 1.14 bits per heavy atom. The molecule has 1 atom stereocenters. The molecule has 0 bridgehead atoms. The van der Waals surface area contributed by atoms with E-state index in [0.717, 1.165) is 11.6 Å². The Hall–Kier alpha value is -2.71. The quantitative estimate of drug-likeness (QED) is 0.404. The minimum atomic E-state index is -1.28. The van der Waals surface area contributed by atoms with Gasteiger partial charge in [0.1, 0.15) is 11.9 Å². The second kappa shape index (κ2) is 8.53. The molecule has 8 heteroatoms. The average Bonchev–Trinajstić information content (AvgIpc) is 3.10. The van der Waals surface area contributed by atoms with Crippen molar-refractivity contribution in [2.24, 2.45) is 5.18 Å². The fourth-order valence-corrected chi connectivity index (χ4v) is 3.53. The molecule has 0 saturated heterocycles. The van der Waals surface area contributed by atoms with E-state index < -0.39 is 14.2 Å². The van der Waals surface area contributed by atoms with E-state index in [1.165, 1.54) is 12.1 Å². The third kappa shape index (κ3) is 4.96. The number of benzene rings is 1. The van der Waals surface area contributed by atoms with Crippen molar-refractivity contribution in [1.82, 2.24) is 15.0 Å². The molecule has 3 aromatic rings. The summed E-state index contributed by atoms with van der Waals surface area (Å²) in [7, 11) is -1.28. The number of nitrogens with one attached hydrogen (secondary N) is 1.